The highest BCUT2D eigenvalue weighted by atomic mass is 79.9. The van der Waals surface area contributed by atoms with E-state index in [9.17, 15) is 4.79 Å². The maximum atomic E-state index is 12.1. The fourth-order valence-electron chi connectivity index (χ4n) is 1.80. The number of ketones is 1. The summed E-state index contributed by atoms with van der Waals surface area (Å²) in [6, 6.07) is 11.3. The zero-order valence-electron chi connectivity index (χ0n) is 11.7. The number of hydrogen-bond acceptors (Lipinski definition) is 2. The minimum absolute atomic E-state index is 0. The quantitative estimate of drug-likeness (QED) is 0.620. The summed E-state index contributed by atoms with van der Waals surface area (Å²) >= 11 is 0. The molecule has 20 heavy (non-hydrogen) atoms. The zero-order valence-corrected chi connectivity index (χ0v) is 13.4. The molecule has 3 nitrogen and oxygen atoms in total. The van der Waals surface area contributed by atoms with Crippen LogP contribution in [0.4, 0.5) is 0 Å². The monoisotopic (exact) mass is 336 g/mol. The lowest BCUT2D eigenvalue weighted by atomic mass is 10.1. The van der Waals surface area contributed by atoms with Crippen molar-refractivity contribution in [2.24, 2.45) is 0 Å². The van der Waals surface area contributed by atoms with E-state index in [0.717, 1.165) is 5.75 Å². The number of rotatable bonds is 5. The van der Waals surface area contributed by atoms with Gasteiger partial charge in [-0.25, -0.2) is 0 Å². The summed E-state index contributed by atoms with van der Waals surface area (Å²) in [5.41, 5.74) is 1.89. The molecule has 1 heterocycles. The first kappa shape index (κ1) is 16.4. The minimum atomic E-state index is 0. The Morgan fingerprint density at radius 2 is 1.70 bits per heavy atom. The number of pyridine rings is 1. The van der Waals surface area contributed by atoms with E-state index in [0.29, 0.717) is 18.7 Å². The van der Waals surface area contributed by atoms with E-state index in [1.165, 1.54) is 5.56 Å². The predicted molar refractivity (Wildman–Crippen MR) is 83.6 cm³/mol. The molecular formula is C16H19BrNO2+. The summed E-state index contributed by atoms with van der Waals surface area (Å²) in [5, 5.41) is 0. The fourth-order valence-corrected chi connectivity index (χ4v) is 1.80. The van der Waals surface area contributed by atoms with Gasteiger partial charge >= 0.3 is 0 Å². The molecule has 0 atom stereocenters. The smallest absolute Gasteiger partial charge is 0.227 e. The molecule has 106 valence electrons. The Balaban J connectivity index is 0.00000200. The Kier molecular flexibility index (Phi) is 6.39. The highest BCUT2D eigenvalue weighted by Crippen LogP contribution is 2.12. The molecule has 0 aliphatic carbocycles. The summed E-state index contributed by atoms with van der Waals surface area (Å²) in [6.07, 6.45) is 3.84. The van der Waals surface area contributed by atoms with Crippen molar-refractivity contribution in [1.29, 1.82) is 0 Å². The van der Waals surface area contributed by atoms with E-state index in [2.05, 4.69) is 0 Å². The predicted octanol–water partition coefficient (Wildman–Crippen LogP) is 3.14. The number of carbonyl (C=O) groups is 1. The third-order valence-electron chi connectivity index (χ3n) is 2.87. The number of nitrogens with zero attached hydrogens (tertiary/aromatic N) is 1. The number of aromatic nitrogens is 1. The first-order chi connectivity index (χ1) is 9.19. The number of hydrogen-bond donors (Lipinski definition) is 0. The van der Waals surface area contributed by atoms with Crippen molar-refractivity contribution >= 4 is 22.8 Å². The maximum Gasteiger partial charge on any atom is 0.227 e. The molecule has 0 unspecified atom stereocenters. The lowest BCUT2D eigenvalue weighted by Crippen LogP contribution is -2.37. The highest BCUT2D eigenvalue weighted by molar-refractivity contribution is 8.93. The standard InChI is InChI=1S/C16H18NO2.BrH/c1-3-19-15-6-4-14(5-7-15)16(18)12-17-10-8-13(2)9-11-17;/h4-11H,3,12H2,1-2H3;1H/q+1;. The van der Waals surface area contributed by atoms with Crippen molar-refractivity contribution in [3.05, 3.63) is 59.9 Å². The van der Waals surface area contributed by atoms with Crippen LogP contribution in [-0.2, 0) is 6.54 Å². The summed E-state index contributed by atoms with van der Waals surface area (Å²) in [6.45, 7) is 4.95. The van der Waals surface area contributed by atoms with Gasteiger partial charge in [0.2, 0.25) is 12.3 Å². The van der Waals surface area contributed by atoms with Gasteiger partial charge in [0, 0.05) is 17.7 Å². The number of Topliss-reactive ketones (excluding diaryl/α,β-unsaturated/α-hetero) is 1. The molecule has 1 aromatic heterocycles. The van der Waals surface area contributed by atoms with Gasteiger partial charge in [0.15, 0.2) is 12.4 Å². The number of benzene rings is 1. The zero-order chi connectivity index (χ0) is 13.7. The van der Waals surface area contributed by atoms with Crippen LogP contribution in [0.1, 0.15) is 22.8 Å². The molecule has 0 aliphatic heterocycles. The number of ether oxygens (including phenoxy) is 1. The Morgan fingerprint density at radius 3 is 2.25 bits per heavy atom. The lowest BCUT2D eigenvalue weighted by molar-refractivity contribution is -0.683. The molecule has 0 N–H and O–H groups in total. The Hall–Kier alpha value is -1.68. The molecule has 2 aromatic rings. The molecule has 0 spiro atoms. The van der Waals surface area contributed by atoms with Gasteiger partial charge < -0.3 is 4.74 Å². The number of aryl methyl sites for hydroxylation is 1. The van der Waals surface area contributed by atoms with Crippen molar-refractivity contribution in [2.45, 2.75) is 20.4 Å². The van der Waals surface area contributed by atoms with Crippen molar-refractivity contribution in [3.63, 3.8) is 0 Å². The van der Waals surface area contributed by atoms with E-state index >= 15 is 0 Å². The van der Waals surface area contributed by atoms with Crippen molar-refractivity contribution in [2.75, 3.05) is 6.61 Å². The second-order valence-electron chi connectivity index (χ2n) is 4.43. The topological polar surface area (TPSA) is 30.2 Å². The van der Waals surface area contributed by atoms with E-state index in [-0.39, 0.29) is 22.8 Å². The molecule has 0 radical (unpaired) electrons. The first-order valence-corrected chi connectivity index (χ1v) is 6.41. The van der Waals surface area contributed by atoms with Crippen LogP contribution in [0.5, 0.6) is 5.75 Å². The lowest BCUT2D eigenvalue weighted by Gasteiger charge is -2.03. The Morgan fingerprint density at radius 1 is 1.10 bits per heavy atom. The molecule has 1 aromatic carbocycles. The molecule has 0 saturated carbocycles. The van der Waals surface area contributed by atoms with E-state index < -0.39 is 0 Å². The second-order valence-corrected chi connectivity index (χ2v) is 4.43. The van der Waals surface area contributed by atoms with Crippen molar-refractivity contribution < 1.29 is 14.1 Å². The fraction of sp³-hybridized carbons (Fsp3) is 0.250. The van der Waals surface area contributed by atoms with Crippen LogP contribution in [-0.4, -0.2) is 12.4 Å². The van der Waals surface area contributed by atoms with Crippen LogP contribution in [0.3, 0.4) is 0 Å². The molecule has 0 amide bonds. The second kappa shape index (κ2) is 7.80. The highest BCUT2D eigenvalue weighted by Gasteiger charge is 2.11. The van der Waals surface area contributed by atoms with Crippen LogP contribution in [0.15, 0.2) is 48.8 Å². The molecule has 0 bridgehead atoms. The van der Waals surface area contributed by atoms with Crippen LogP contribution < -0.4 is 9.30 Å². The van der Waals surface area contributed by atoms with Gasteiger partial charge in [-0.05, 0) is 43.7 Å². The van der Waals surface area contributed by atoms with Crippen molar-refractivity contribution in [1.82, 2.24) is 0 Å². The normalized spacial score (nSPS) is 9.70. The molecule has 0 fully saturated rings. The Bertz CT molecular complexity index is 550. The maximum absolute atomic E-state index is 12.1. The van der Waals surface area contributed by atoms with Crippen LogP contribution in [0.25, 0.3) is 0 Å². The molecule has 4 heteroatoms. The number of carbonyl (C=O) groups excluding carboxylic acids is 1. The van der Waals surface area contributed by atoms with Crippen molar-refractivity contribution in [3.8, 4) is 5.75 Å². The number of halogens is 1. The van der Waals surface area contributed by atoms with Gasteiger partial charge in [0.1, 0.15) is 5.75 Å². The average Bonchev–Trinajstić information content (AvgIpc) is 2.42. The van der Waals surface area contributed by atoms with E-state index in [1.54, 1.807) is 0 Å². The summed E-state index contributed by atoms with van der Waals surface area (Å²) in [5.74, 6) is 0.888. The average molecular weight is 337 g/mol. The molecule has 2 rings (SSSR count). The van der Waals surface area contributed by atoms with Crippen LogP contribution in [0, 0.1) is 6.92 Å². The summed E-state index contributed by atoms with van der Waals surface area (Å²) in [4.78, 5) is 12.1. The third-order valence-corrected chi connectivity index (χ3v) is 2.87. The van der Waals surface area contributed by atoms with Crippen LogP contribution in [0.2, 0.25) is 0 Å². The van der Waals surface area contributed by atoms with Crippen LogP contribution >= 0.6 is 17.0 Å². The van der Waals surface area contributed by atoms with Gasteiger partial charge in [-0.3, -0.25) is 4.79 Å². The first-order valence-electron chi connectivity index (χ1n) is 6.41. The largest absolute Gasteiger partial charge is 0.494 e. The summed E-state index contributed by atoms with van der Waals surface area (Å²) in [7, 11) is 0. The summed E-state index contributed by atoms with van der Waals surface area (Å²) < 4.78 is 7.24. The van der Waals surface area contributed by atoms with Gasteiger partial charge in [0.05, 0.1) is 6.61 Å². The third kappa shape index (κ3) is 4.46. The minimum Gasteiger partial charge on any atom is -0.494 e. The van der Waals surface area contributed by atoms with E-state index in [1.807, 2.05) is 67.2 Å². The van der Waals surface area contributed by atoms with E-state index in [4.69, 9.17) is 4.74 Å². The van der Waals surface area contributed by atoms with Gasteiger partial charge in [0.25, 0.3) is 0 Å². The molecular weight excluding hydrogens is 318 g/mol. The van der Waals surface area contributed by atoms with Gasteiger partial charge in [-0.2, -0.15) is 4.57 Å². The van der Waals surface area contributed by atoms with Gasteiger partial charge in [-0.1, -0.05) is 0 Å². The Labute approximate surface area is 130 Å². The molecule has 0 aliphatic rings. The molecule has 0 saturated heterocycles. The van der Waals surface area contributed by atoms with Gasteiger partial charge in [-0.15, -0.1) is 17.0 Å². The SMILES string of the molecule is Br.CCOc1ccc(C(=O)C[n+]2ccc(C)cc2)cc1.